The van der Waals surface area contributed by atoms with Gasteiger partial charge in [-0.2, -0.15) is 0 Å². The Morgan fingerprint density at radius 2 is 2.26 bits per heavy atom. The predicted molar refractivity (Wildman–Crippen MR) is 74.2 cm³/mol. The lowest BCUT2D eigenvalue weighted by Gasteiger charge is -2.19. The Balaban J connectivity index is 1.88. The van der Waals surface area contributed by atoms with Crippen LogP contribution in [0.1, 0.15) is 36.0 Å². The Bertz CT molecular complexity index is 577. The molecule has 2 N–H and O–H groups in total. The predicted octanol–water partition coefficient (Wildman–Crippen LogP) is 2.28. The average Bonchev–Trinajstić information content (AvgIpc) is 2.83. The number of nitrogens with zero attached hydrogens (tertiary/aromatic N) is 2. The van der Waals surface area contributed by atoms with Gasteiger partial charge in [-0.25, -0.2) is 4.98 Å². The molecule has 100 valence electrons. The summed E-state index contributed by atoms with van der Waals surface area (Å²) in [5.41, 5.74) is 8.33. The molecule has 2 heterocycles. The first-order chi connectivity index (χ1) is 9.28. The fraction of sp³-hybridized carbons (Fsp3) is 0.400. The van der Waals surface area contributed by atoms with E-state index >= 15 is 0 Å². The first-order valence-electron chi connectivity index (χ1n) is 6.71. The lowest BCUT2D eigenvalue weighted by Crippen LogP contribution is -2.21. The van der Waals surface area contributed by atoms with Crippen molar-refractivity contribution >= 4 is 0 Å². The van der Waals surface area contributed by atoms with Crippen LogP contribution in [0, 0.1) is 0 Å². The zero-order valence-corrected chi connectivity index (χ0v) is 11.2. The monoisotopic (exact) mass is 257 g/mol. The largest absolute Gasteiger partial charge is 0.496 e. The second-order valence-electron chi connectivity index (χ2n) is 5.02. The minimum Gasteiger partial charge on any atom is -0.496 e. The quantitative estimate of drug-likeness (QED) is 0.917. The van der Waals surface area contributed by atoms with Crippen molar-refractivity contribution in [3.05, 3.63) is 47.5 Å². The summed E-state index contributed by atoms with van der Waals surface area (Å²) in [5.74, 6) is 1.94. The van der Waals surface area contributed by atoms with E-state index in [4.69, 9.17) is 10.5 Å². The smallest absolute Gasteiger partial charge is 0.125 e. The molecule has 0 radical (unpaired) electrons. The van der Waals surface area contributed by atoms with Gasteiger partial charge in [-0.15, -0.1) is 0 Å². The zero-order valence-electron chi connectivity index (χ0n) is 11.2. The lowest BCUT2D eigenvalue weighted by molar-refractivity contribution is 0.410. The fourth-order valence-corrected chi connectivity index (χ4v) is 2.70. The molecule has 19 heavy (non-hydrogen) atoms. The maximum absolute atomic E-state index is 6.10. The van der Waals surface area contributed by atoms with E-state index in [0.717, 1.165) is 48.6 Å². The van der Waals surface area contributed by atoms with Gasteiger partial charge >= 0.3 is 0 Å². The van der Waals surface area contributed by atoms with Gasteiger partial charge in [0.1, 0.15) is 11.6 Å². The van der Waals surface area contributed by atoms with Crippen molar-refractivity contribution in [3.63, 3.8) is 0 Å². The van der Waals surface area contributed by atoms with Crippen molar-refractivity contribution in [1.82, 2.24) is 9.55 Å². The normalized spacial score (nSPS) is 18.1. The topological polar surface area (TPSA) is 53.1 Å². The van der Waals surface area contributed by atoms with Crippen LogP contribution >= 0.6 is 0 Å². The SMILES string of the molecule is COc1ccccc1Cc1cn2c(n1)C(N)CCC2. The van der Waals surface area contributed by atoms with E-state index in [0.29, 0.717) is 0 Å². The van der Waals surface area contributed by atoms with Crippen molar-refractivity contribution in [1.29, 1.82) is 0 Å². The Kier molecular flexibility index (Phi) is 3.25. The number of nitrogens with two attached hydrogens (primary N) is 1. The molecular weight excluding hydrogens is 238 g/mol. The number of aryl methyl sites for hydroxylation is 1. The molecule has 3 rings (SSSR count). The maximum atomic E-state index is 6.10. The van der Waals surface area contributed by atoms with Crippen molar-refractivity contribution in [3.8, 4) is 5.75 Å². The number of ether oxygens (including phenoxy) is 1. The Labute approximate surface area is 113 Å². The molecule has 0 saturated heterocycles. The molecule has 0 amide bonds. The van der Waals surface area contributed by atoms with Crippen LogP contribution in [0.5, 0.6) is 5.75 Å². The van der Waals surface area contributed by atoms with Gasteiger partial charge < -0.3 is 15.0 Å². The summed E-state index contributed by atoms with van der Waals surface area (Å²) in [6.45, 7) is 1.03. The zero-order chi connectivity index (χ0) is 13.2. The minimum atomic E-state index is 0.0835. The Morgan fingerprint density at radius 3 is 3.05 bits per heavy atom. The number of imidazole rings is 1. The molecule has 1 unspecified atom stereocenters. The molecule has 4 heteroatoms. The van der Waals surface area contributed by atoms with Crippen LogP contribution in [0.25, 0.3) is 0 Å². The molecule has 1 atom stereocenters. The highest BCUT2D eigenvalue weighted by atomic mass is 16.5. The minimum absolute atomic E-state index is 0.0835. The molecule has 2 aromatic rings. The highest BCUT2D eigenvalue weighted by Crippen LogP contribution is 2.25. The molecule has 1 aromatic carbocycles. The fourth-order valence-electron chi connectivity index (χ4n) is 2.70. The highest BCUT2D eigenvalue weighted by molar-refractivity contribution is 5.36. The van der Waals surface area contributed by atoms with E-state index < -0.39 is 0 Å². The first-order valence-corrected chi connectivity index (χ1v) is 6.71. The number of hydrogen-bond acceptors (Lipinski definition) is 3. The summed E-state index contributed by atoms with van der Waals surface area (Å²) in [4.78, 5) is 4.68. The van der Waals surface area contributed by atoms with Crippen molar-refractivity contribution in [2.24, 2.45) is 5.73 Å². The third kappa shape index (κ3) is 2.36. The van der Waals surface area contributed by atoms with Gasteiger partial charge in [0, 0.05) is 24.7 Å². The van der Waals surface area contributed by atoms with Gasteiger partial charge in [-0.1, -0.05) is 18.2 Å². The summed E-state index contributed by atoms with van der Waals surface area (Å²) in [7, 11) is 1.70. The number of para-hydroxylation sites is 1. The van der Waals surface area contributed by atoms with E-state index in [2.05, 4.69) is 21.8 Å². The van der Waals surface area contributed by atoms with Crippen LogP contribution in [-0.2, 0) is 13.0 Å². The van der Waals surface area contributed by atoms with Crippen LogP contribution in [0.15, 0.2) is 30.5 Å². The molecule has 1 aromatic heterocycles. The van der Waals surface area contributed by atoms with Gasteiger partial charge in [0.2, 0.25) is 0 Å². The van der Waals surface area contributed by atoms with Gasteiger partial charge in [-0.05, 0) is 18.9 Å². The van der Waals surface area contributed by atoms with Gasteiger partial charge in [0.15, 0.2) is 0 Å². The number of benzene rings is 1. The summed E-state index contributed by atoms with van der Waals surface area (Å²) in [6, 6.07) is 8.16. The first kappa shape index (κ1) is 12.2. The molecule has 1 aliphatic heterocycles. The van der Waals surface area contributed by atoms with Crippen LogP contribution in [0.2, 0.25) is 0 Å². The molecule has 1 aliphatic rings. The average molecular weight is 257 g/mol. The lowest BCUT2D eigenvalue weighted by atomic mass is 10.1. The van der Waals surface area contributed by atoms with E-state index in [-0.39, 0.29) is 6.04 Å². The summed E-state index contributed by atoms with van der Waals surface area (Å²) in [6.07, 6.45) is 5.08. The summed E-state index contributed by atoms with van der Waals surface area (Å²) >= 11 is 0. The van der Waals surface area contributed by atoms with Crippen LogP contribution in [0.4, 0.5) is 0 Å². The third-order valence-corrected chi connectivity index (χ3v) is 3.67. The van der Waals surface area contributed by atoms with E-state index in [1.807, 2.05) is 18.2 Å². The molecule has 0 fully saturated rings. The van der Waals surface area contributed by atoms with Crippen molar-refractivity contribution in [2.75, 3.05) is 7.11 Å². The van der Waals surface area contributed by atoms with Crippen LogP contribution in [0.3, 0.4) is 0 Å². The molecule has 0 saturated carbocycles. The van der Waals surface area contributed by atoms with Gasteiger partial charge in [0.05, 0.1) is 18.8 Å². The summed E-state index contributed by atoms with van der Waals surface area (Å²) in [5, 5.41) is 0. The molecule has 4 nitrogen and oxygen atoms in total. The molecule has 0 bridgehead atoms. The number of fused-ring (bicyclic) bond motifs is 1. The van der Waals surface area contributed by atoms with E-state index in [1.165, 1.54) is 0 Å². The van der Waals surface area contributed by atoms with Crippen molar-refractivity contribution < 1.29 is 4.74 Å². The summed E-state index contributed by atoms with van der Waals surface area (Å²) < 4.78 is 7.57. The highest BCUT2D eigenvalue weighted by Gasteiger charge is 2.19. The van der Waals surface area contributed by atoms with E-state index in [1.54, 1.807) is 7.11 Å². The van der Waals surface area contributed by atoms with Gasteiger partial charge in [-0.3, -0.25) is 0 Å². The molecule has 0 aliphatic carbocycles. The second kappa shape index (κ2) is 5.05. The third-order valence-electron chi connectivity index (χ3n) is 3.67. The van der Waals surface area contributed by atoms with Crippen LogP contribution < -0.4 is 10.5 Å². The molecule has 0 spiro atoms. The number of aromatic nitrogens is 2. The maximum Gasteiger partial charge on any atom is 0.125 e. The van der Waals surface area contributed by atoms with Gasteiger partial charge in [0.25, 0.3) is 0 Å². The molecular formula is C15H19N3O. The Hall–Kier alpha value is -1.81. The second-order valence-corrected chi connectivity index (χ2v) is 5.02. The number of hydrogen-bond donors (Lipinski definition) is 1. The Morgan fingerprint density at radius 1 is 1.42 bits per heavy atom. The number of rotatable bonds is 3. The van der Waals surface area contributed by atoms with Crippen LogP contribution in [-0.4, -0.2) is 16.7 Å². The number of methoxy groups -OCH3 is 1. The van der Waals surface area contributed by atoms with E-state index in [9.17, 15) is 0 Å². The van der Waals surface area contributed by atoms with Crippen molar-refractivity contribution in [2.45, 2.75) is 31.8 Å². The standard InChI is InChI=1S/C15H19N3O/c1-19-14-7-3-2-5-11(14)9-12-10-18-8-4-6-13(16)15(18)17-12/h2-3,5,7,10,13H,4,6,8-9,16H2,1H3.